The van der Waals surface area contributed by atoms with E-state index in [4.69, 9.17) is 5.73 Å². The minimum absolute atomic E-state index is 0.0278. The van der Waals surface area contributed by atoms with Gasteiger partial charge in [-0.1, -0.05) is 19.1 Å². The maximum Gasteiger partial charge on any atom is 0.0364 e. The predicted molar refractivity (Wildman–Crippen MR) is 32.0 cm³/mol. The third kappa shape index (κ3) is 5.70. The fourth-order valence-electron chi connectivity index (χ4n) is 0.340. The van der Waals surface area contributed by atoms with E-state index in [2.05, 4.69) is 6.92 Å². The molecule has 1 nitrogen and oxygen atoms in total. The molecule has 1 radical (unpaired) electrons. The van der Waals surface area contributed by atoms with E-state index in [0.29, 0.717) is 0 Å². The topological polar surface area (TPSA) is 23.8 Å². The molecule has 0 saturated heterocycles. The van der Waals surface area contributed by atoms with Crippen molar-refractivity contribution in [2.75, 3.05) is 0 Å². The average Bonchev–Trinajstić information content (AvgIpc) is 1.61. The van der Waals surface area contributed by atoms with E-state index >= 15 is 0 Å². The van der Waals surface area contributed by atoms with Gasteiger partial charge >= 0.3 is 0 Å². The fourth-order valence-corrected chi connectivity index (χ4v) is 0.340. The zero-order valence-electron chi connectivity index (χ0n) is 4.94. The van der Waals surface area contributed by atoms with Gasteiger partial charge in [0.05, 0.1) is 0 Å². The van der Waals surface area contributed by atoms with Crippen LogP contribution in [0.3, 0.4) is 0 Å². The van der Waals surface area contributed by atoms with Gasteiger partial charge in [0, 0.05) is 6.04 Å². The van der Waals surface area contributed by atoms with Crippen molar-refractivity contribution in [3.05, 3.63) is 12.2 Å². The van der Waals surface area contributed by atoms with Crippen molar-refractivity contribution >= 4 is 0 Å². The Bertz CT molecular complexity index is 55.2. The van der Waals surface area contributed by atoms with Crippen LogP contribution in [0.4, 0.5) is 0 Å². The van der Waals surface area contributed by atoms with Crippen molar-refractivity contribution in [3.63, 3.8) is 0 Å². The summed E-state index contributed by atoms with van der Waals surface area (Å²) >= 11 is 0. The molecule has 0 bridgehead atoms. The molecule has 0 heterocycles. The van der Waals surface area contributed by atoms with Crippen LogP contribution in [0.2, 0.25) is 0 Å². The Balaban J connectivity index is 3.08. The lowest BCUT2D eigenvalue weighted by Crippen LogP contribution is -1.94. The molecule has 0 aromatic rings. The van der Waals surface area contributed by atoms with Gasteiger partial charge in [0.15, 0.2) is 0 Å². The smallest absolute Gasteiger partial charge is 0.0364 e. The number of allylic oxidation sites excluding steroid dienone is 1. The van der Waals surface area contributed by atoms with Crippen LogP contribution in [0.15, 0.2) is 12.2 Å². The first-order valence-corrected chi connectivity index (χ1v) is 2.65. The van der Waals surface area contributed by atoms with Crippen LogP contribution < -0.4 is 5.73 Å². The maximum atomic E-state index is 6.99. The Morgan fingerprint density at radius 2 is 2.29 bits per heavy atom. The quantitative estimate of drug-likeness (QED) is 0.469. The normalized spacial score (nSPS) is 15.3. The van der Waals surface area contributed by atoms with Gasteiger partial charge in [0.1, 0.15) is 0 Å². The van der Waals surface area contributed by atoms with E-state index < -0.39 is 0 Å². The molecule has 7 heavy (non-hydrogen) atoms. The molecule has 1 unspecified atom stereocenters. The second kappa shape index (κ2) is 3.88. The largest absolute Gasteiger partial charge is 0.251 e. The summed E-state index contributed by atoms with van der Waals surface area (Å²) in [4.78, 5) is 0. The Morgan fingerprint density at radius 1 is 1.71 bits per heavy atom. The molecule has 0 aliphatic heterocycles. The highest BCUT2D eigenvalue weighted by Crippen LogP contribution is 1.83. The molecule has 1 atom stereocenters. The van der Waals surface area contributed by atoms with Crippen LogP contribution >= 0.6 is 0 Å². The SMILES string of the molecule is CCC=CC(C)[NH]. The first-order valence-electron chi connectivity index (χ1n) is 2.65. The molecule has 0 spiro atoms. The summed E-state index contributed by atoms with van der Waals surface area (Å²) in [6.45, 7) is 3.92. The van der Waals surface area contributed by atoms with Gasteiger partial charge in [-0.3, -0.25) is 5.73 Å². The number of hydrogen-bond donors (Lipinski definition) is 0. The van der Waals surface area contributed by atoms with Gasteiger partial charge in [-0.15, -0.1) is 0 Å². The van der Waals surface area contributed by atoms with Crippen LogP contribution in [-0.4, -0.2) is 6.04 Å². The Morgan fingerprint density at radius 3 is 2.43 bits per heavy atom. The van der Waals surface area contributed by atoms with Crippen LogP contribution in [0.1, 0.15) is 20.3 Å². The average molecular weight is 98.2 g/mol. The minimum Gasteiger partial charge on any atom is -0.251 e. The molecule has 41 valence electrons. The van der Waals surface area contributed by atoms with Crippen LogP contribution in [-0.2, 0) is 0 Å². The Labute approximate surface area is 45.2 Å². The summed E-state index contributed by atoms with van der Waals surface area (Å²) in [5.41, 5.74) is 6.99. The third-order valence-electron chi connectivity index (χ3n) is 0.660. The van der Waals surface area contributed by atoms with Crippen molar-refractivity contribution in [1.29, 1.82) is 0 Å². The van der Waals surface area contributed by atoms with Gasteiger partial charge in [-0.25, -0.2) is 0 Å². The van der Waals surface area contributed by atoms with Crippen LogP contribution in [0, 0.1) is 0 Å². The molecule has 0 fully saturated rings. The third-order valence-corrected chi connectivity index (χ3v) is 0.660. The molecule has 0 aromatic heterocycles. The second-order valence-electron chi connectivity index (χ2n) is 1.63. The molecule has 0 amide bonds. The highest BCUT2D eigenvalue weighted by atomic mass is 14.6. The lowest BCUT2D eigenvalue weighted by Gasteiger charge is -1.88. The van der Waals surface area contributed by atoms with E-state index in [9.17, 15) is 0 Å². The summed E-state index contributed by atoms with van der Waals surface area (Å²) in [7, 11) is 0. The Hall–Kier alpha value is -0.300. The lowest BCUT2D eigenvalue weighted by atomic mass is 10.3. The summed E-state index contributed by atoms with van der Waals surface area (Å²) in [5.74, 6) is 0. The fraction of sp³-hybridized carbons (Fsp3) is 0.667. The number of hydrogen-bond acceptors (Lipinski definition) is 0. The van der Waals surface area contributed by atoms with E-state index in [-0.39, 0.29) is 6.04 Å². The molecule has 0 aromatic carbocycles. The van der Waals surface area contributed by atoms with Crippen molar-refractivity contribution < 1.29 is 0 Å². The Kier molecular flexibility index (Phi) is 3.71. The zero-order chi connectivity index (χ0) is 5.70. The molecule has 0 aliphatic rings. The molecular weight excluding hydrogens is 86.1 g/mol. The number of nitrogens with one attached hydrogen (secondary N) is 1. The number of rotatable bonds is 2. The summed E-state index contributed by atoms with van der Waals surface area (Å²) in [6.07, 6.45) is 4.95. The molecule has 0 saturated carbocycles. The molecule has 1 heteroatoms. The highest BCUT2D eigenvalue weighted by Gasteiger charge is 1.79. The standard InChI is InChI=1S/C6H12N/c1-3-4-5-6(2)7/h4-7H,3H2,1-2H3. The summed E-state index contributed by atoms with van der Waals surface area (Å²) < 4.78 is 0. The first kappa shape index (κ1) is 6.70. The van der Waals surface area contributed by atoms with Gasteiger partial charge in [-0.2, -0.15) is 0 Å². The monoisotopic (exact) mass is 98.1 g/mol. The van der Waals surface area contributed by atoms with Crippen LogP contribution in [0.25, 0.3) is 0 Å². The summed E-state index contributed by atoms with van der Waals surface area (Å²) in [6, 6.07) is -0.0278. The molecule has 0 rings (SSSR count). The minimum atomic E-state index is -0.0278. The van der Waals surface area contributed by atoms with Crippen molar-refractivity contribution in [2.24, 2.45) is 0 Å². The van der Waals surface area contributed by atoms with Crippen molar-refractivity contribution in [3.8, 4) is 0 Å². The molecule has 1 N–H and O–H groups in total. The van der Waals surface area contributed by atoms with Gasteiger partial charge < -0.3 is 0 Å². The highest BCUT2D eigenvalue weighted by molar-refractivity contribution is 4.86. The maximum absolute atomic E-state index is 6.99. The molecule has 0 aliphatic carbocycles. The van der Waals surface area contributed by atoms with E-state index in [1.807, 2.05) is 19.1 Å². The van der Waals surface area contributed by atoms with Crippen LogP contribution in [0.5, 0.6) is 0 Å². The summed E-state index contributed by atoms with van der Waals surface area (Å²) in [5, 5.41) is 0. The van der Waals surface area contributed by atoms with E-state index in [1.54, 1.807) is 0 Å². The van der Waals surface area contributed by atoms with Gasteiger partial charge in [-0.05, 0) is 13.3 Å². The predicted octanol–water partition coefficient (Wildman–Crippen LogP) is 1.62. The van der Waals surface area contributed by atoms with E-state index in [0.717, 1.165) is 6.42 Å². The van der Waals surface area contributed by atoms with Crippen molar-refractivity contribution in [2.45, 2.75) is 26.3 Å². The van der Waals surface area contributed by atoms with Gasteiger partial charge in [0.25, 0.3) is 0 Å². The second-order valence-corrected chi connectivity index (χ2v) is 1.63. The van der Waals surface area contributed by atoms with Gasteiger partial charge in [0.2, 0.25) is 0 Å². The van der Waals surface area contributed by atoms with Crippen molar-refractivity contribution in [1.82, 2.24) is 5.73 Å². The zero-order valence-corrected chi connectivity index (χ0v) is 4.94. The first-order chi connectivity index (χ1) is 3.27. The molecular formula is C6H12N. The lowest BCUT2D eigenvalue weighted by molar-refractivity contribution is 0.884. The van der Waals surface area contributed by atoms with E-state index in [1.165, 1.54) is 0 Å².